The maximum absolute atomic E-state index is 13.3. The zero-order valence-corrected chi connectivity index (χ0v) is 14.8. The molecule has 27 heavy (non-hydrogen) atoms. The topological polar surface area (TPSA) is 108 Å². The lowest BCUT2D eigenvalue weighted by Crippen LogP contribution is -2.30. The number of halogens is 1. The van der Waals surface area contributed by atoms with Gasteiger partial charge in [0.2, 0.25) is 5.82 Å². The molecule has 0 aromatic heterocycles. The predicted octanol–water partition coefficient (Wildman–Crippen LogP) is 3.23. The highest BCUT2D eigenvalue weighted by molar-refractivity contribution is 5.98. The maximum Gasteiger partial charge on any atom is 0.342 e. The molecule has 0 heterocycles. The van der Waals surface area contributed by atoms with Gasteiger partial charge in [-0.1, -0.05) is 11.6 Å². The van der Waals surface area contributed by atoms with Crippen molar-refractivity contribution < 1.29 is 28.4 Å². The van der Waals surface area contributed by atoms with E-state index in [1.807, 2.05) is 0 Å². The van der Waals surface area contributed by atoms with E-state index in [2.05, 4.69) is 5.32 Å². The number of amides is 1. The van der Waals surface area contributed by atoms with E-state index >= 15 is 0 Å². The van der Waals surface area contributed by atoms with E-state index in [1.165, 1.54) is 20.1 Å². The average Bonchev–Trinajstić information content (AvgIpc) is 2.62. The monoisotopic (exact) mass is 376 g/mol. The molecule has 2 rings (SSSR count). The van der Waals surface area contributed by atoms with Crippen LogP contribution in [-0.2, 0) is 9.53 Å². The van der Waals surface area contributed by atoms with Gasteiger partial charge in [0, 0.05) is 11.8 Å². The first-order valence-electron chi connectivity index (χ1n) is 7.83. The first-order chi connectivity index (χ1) is 12.7. The lowest BCUT2D eigenvalue weighted by molar-refractivity contribution is -0.387. The molecule has 2 aromatic carbocycles. The number of hydrogen-bond donors (Lipinski definition) is 1. The van der Waals surface area contributed by atoms with Crippen LogP contribution >= 0.6 is 0 Å². The molecule has 0 aliphatic carbocycles. The van der Waals surface area contributed by atoms with Gasteiger partial charge < -0.3 is 14.8 Å². The highest BCUT2D eigenvalue weighted by atomic mass is 19.1. The molecule has 0 saturated heterocycles. The zero-order valence-electron chi connectivity index (χ0n) is 14.8. The van der Waals surface area contributed by atoms with E-state index in [9.17, 15) is 24.1 Å². The smallest absolute Gasteiger partial charge is 0.342 e. The molecule has 1 N–H and O–H groups in total. The second kappa shape index (κ2) is 8.26. The summed E-state index contributed by atoms with van der Waals surface area (Å²) in [5.41, 5.74) is 0.194. The van der Waals surface area contributed by atoms with E-state index in [-0.39, 0.29) is 11.3 Å². The van der Waals surface area contributed by atoms with Crippen molar-refractivity contribution in [2.45, 2.75) is 20.0 Å². The van der Waals surface area contributed by atoms with E-state index < -0.39 is 34.4 Å². The summed E-state index contributed by atoms with van der Waals surface area (Å²) < 4.78 is 23.6. The summed E-state index contributed by atoms with van der Waals surface area (Å²) in [5, 5.41) is 13.1. The molecule has 0 unspecified atom stereocenters. The van der Waals surface area contributed by atoms with Crippen LogP contribution in [0.15, 0.2) is 36.4 Å². The number of benzene rings is 2. The Morgan fingerprint density at radius 2 is 1.93 bits per heavy atom. The molecular weight excluding hydrogens is 359 g/mol. The predicted molar refractivity (Wildman–Crippen MR) is 94.3 cm³/mol. The Labute approximate surface area is 154 Å². The standard InChI is InChI=1S/C18H17FN2O6/c1-10-4-7-16(26-3)13(8-10)18(23)27-11(2)17(22)20-12-5-6-14(19)15(9-12)21(24)25/h4-9,11H,1-3H3,(H,20,22)/t11-/m0/s1. The lowest BCUT2D eigenvalue weighted by atomic mass is 10.1. The molecule has 9 heteroatoms. The third kappa shape index (κ3) is 4.78. The van der Waals surface area contributed by atoms with Crippen molar-refractivity contribution in [1.29, 1.82) is 0 Å². The van der Waals surface area contributed by atoms with Crippen LogP contribution in [0.2, 0.25) is 0 Å². The summed E-state index contributed by atoms with van der Waals surface area (Å²) in [4.78, 5) is 34.3. The lowest BCUT2D eigenvalue weighted by Gasteiger charge is -2.15. The number of anilines is 1. The van der Waals surface area contributed by atoms with Crippen LogP contribution in [0.1, 0.15) is 22.8 Å². The fourth-order valence-corrected chi connectivity index (χ4v) is 2.23. The van der Waals surface area contributed by atoms with Crippen LogP contribution in [0.25, 0.3) is 0 Å². The van der Waals surface area contributed by atoms with Gasteiger partial charge in [-0.05, 0) is 38.1 Å². The quantitative estimate of drug-likeness (QED) is 0.471. The van der Waals surface area contributed by atoms with Gasteiger partial charge in [-0.15, -0.1) is 0 Å². The molecule has 0 radical (unpaired) electrons. The molecule has 0 saturated carbocycles. The first kappa shape index (κ1) is 19.8. The molecule has 142 valence electrons. The number of hydrogen-bond acceptors (Lipinski definition) is 6. The van der Waals surface area contributed by atoms with Crippen LogP contribution in [0.5, 0.6) is 5.75 Å². The van der Waals surface area contributed by atoms with Crippen molar-refractivity contribution >= 4 is 23.3 Å². The van der Waals surface area contributed by atoms with Crippen LogP contribution in [0, 0.1) is 22.9 Å². The molecule has 1 atom stereocenters. The molecular formula is C18H17FN2O6. The minimum atomic E-state index is -1.20. The number of nitro benzene ring substituents is 1. The molecule has 1 amide bonds. The third-order valence-electron chi connectivity index (χ3n) is 3.64. The molecule has 0 spiro atoms. The maximum atomic E-state index is 13.3. The fraction of sp³-hybridized carbons (Fsp3) is 0.222. The molecule has 0 fully saturated rings. The molecule has 8 nitrogen and oxygen atoms in total. The molecule has 0 bridgehead atoms. The average molecular weight is 376 g/mol. The summed E-state index contributed by atoms with van der Waals surface area (Å²) in [6, 6.07) is 7.84. The Hall–Kier alpha value is -3.49. The third-order valence-corrected chi connectivity index (χ3v) is 3.64. The minimum Gasteiger partial charge on any atom is -0.496 e. The van der Waals surface area contributed by atoms with E-state index in [1.54, 1.807) is 25.1 Å². The Morgan fingerprint density at radius 3 is 2.56 bits per heavy atom. The van der Waals surface area contributed by atoms with Gasteiger partial charge in [0.15, 0.2) is 6.10 Å². The number of rotatable bonds is 6. The first-order valence-corrected chi connectivity index (χ1v) is 7.83. The van der Waals surface area contributed by atoms with Gasteiger partial charge in [-0.3, -0.25) is 14.9 Å². The number of carbonyl (C=O) groups is 2. The second-order valence-electron chi connectivity index (χ2n) is 5.66. The summed E-state index contributed by atoms with van der Waals surface area (Å²) in [6.07, 6.45) is -1.20. The zero-order chi connectivity index (χ0) is 20.1. The summed E-state index contributed by atoms with van der Waals surface area (Å²) in [5.74, 6) is -2.21. The van der Waals surface area contributed by atoms with E-state index in [0.29, 0.717) is 5.75 Å². The van der Waals surface area contributed by atoms with Crippen LogP contribution in [0.3, 0.4) is 0 Å². The van der Waals surface area contributed by atoms with Gasteiger partial charge >= 0.3 is 11.7 Å². The Morgan fingerprint density at radius 1 is 1.22 bits per heavy atom. The number of ether oxygens (including phenoxy) is 2. The number of nitrogens with one attached hydrogen (secondary N) is 1. The Balaban J connectivity index is 2.10. The van der Waals surface area contributed by atoms with Crippen molar-refractivity contribution in [1.82, 2.24) is 0 Å². The fourth-order valence-electron chi connectivity index (χ4n) is 2.23. The number of esters is 1. The van der Waals surface area contributed by atoms with Crippen LogP contribution < -0.4 is 10.1 Å². The highest BCUT2D eigenvalue weighted by Gasteiger charge is 2.23. The highest BCUT2D eigenvalue weighted by Crippen LogP contribution is 2.23. The normalized spacial score (nSPS) is 11.4. The van der Waals surface area contributed by atoms with Gasteiger partial charge in [0.1, 0.15) is 11.3 Å². The number of nitro groups is 1. The molecule has 0 aliphatic heterocycles. The number of nitrogens with zero attached hydrogens (tertiary/aromatic N) is 1. The van der Waals surface area contributed by atoms with Crippen LogP contribution in [-0.4, -0.2) is 30.0 Å². The summed E-state index contributed by atoms with van der Waals surface area (Å²) >= 11 is 0. The number of aryl methyl sites for hydroxylation is 1. The van der Waals surface area contributed by atoms with E-state index in [0.717, 1.165) is 17.7 Å². The summed E-state index contributed by atoms with van der Waals surface area (Å²) in [7, 11) is 1.40. The van der Waals surface area contributed by atoms with Gasteiger partial charge in [0.05, 0.1) is 12.0 Å². The summed E-state index contributed by atoms with van der Waals surface area (Å²) in [6.45, 7) is 3.13. The Kier molecular flexibility index (Phi) is 6.07. The second-order valence-corrected chi connectivity index (χ2v) is 5.66. The van der Waals surface area contributed by atoms with Crippen molar-refractivity contribution in [3.63, 3.8) is 0 Å². The van der Waals surface area contributed by atoms with Crippen molar-refractivity contribution in [3.05, 3.63) is 63.5 Å². The number of carbonyl (C=O) groups excluding carboxylic acids is 2. The number of methoxy groups -OCH3 is 1. The van der Waals surface area contributed by atoms with Crippen molar-refractivity contribution in [2.75, 3.05) is 12.4 Å². The molecule has 2 aromatic rings. The van der Waals surface area contributed by atoms with Crippen molar-refractivity contribution in [3.8, 4) is 5.75 Å². The minimum absolute atomic E-state index is 0.00383. The largest absolute Gasteiger partial charge is 0.496 e. The molecule has 0 aliphatic rings. The van der Waals surface area contributed by atoms with Gasteiger partial charge in [-0.25, -0.2) is 4.79 Å². The van der Waals surface area contributed by atoms with Crippen LogP contribution in [0.4, 0.5) is 15.8 Å². The van der Waals surface area contributed by atoms with E-state index in [4.69, 9.17) is 9.47 Å². The SMILES string of the molecule is COc1ccc(C)cc1C(=O)O[C@@H](C)C(=O)Nc1ccc(F)c([N+](=O)[O-])c1. The van der Waals surface area contributed by atoms with Crippen molar-refractivity contribution in [2.24, 2.45) is 0 Å². The Bertz CT molecular complexity index is 899. The van der Waals surface area contributed by atoms with Gasteiger partial charge in [0.25, 0.3) is 5.91 Å². The van der Waals surface area contributed by atoms with Gasteiger partial charge in [-0.2, -0.15) is 4.39 Å².